The van der Waals surface area contributed by atoms with E-state index >= 15 is 0 Å². The minimum absolute atomic E-state index is 0.0206. The van der Waals surface area contributed by atoms with Gasteiger partial charge in [0.05, 0.1) is 10.5 Å². The molecule has 0 saturated heterocycles. The molecule has 34 heavy (non-hydrogen) atoms. The van der Waals surface area contributed by atoms with Crippen LogP contribution in [0.4, 0.5) is 11.4 Å². The van der Waals surface area contributed by atoms with E-state index in [1.165, 1.54) is 30.5 Å². The molecule has 3 N–H and O–H groups in total. The molecule has 178 valence electrons. The van der Waals surface area contributed by atoms with E-state index in [0.29, 0.717) is 35.0 Å². The molecule has 0 unspecified atom stereocenters. The lowest BCUT2D eigenvalue weighted by Gasteiger charge is -2.11. The quantitative estimate of drug-likeness (QED) is 0.420. The Hall–Kier alpha value is -3.92. The van der Waals surface area contributed by atoms with E-state index in [1.807, 2.05) is 13.8 Å². The summed E-state index contributed by atoms with van der Waals surface area (Å²) < 4.78 is 33.5. The number of hydrogen-bond donors (Lipinski definition) is 3. The Kier molecular flexibility index (Phi) is 7.85. The molecule has 10 heteroatoms. The number of carbonyl (C=O) groups excluding carboxylic acids is 2. The Labute approximate surface area is 198 Å². The van der Waals surface area contributed by atoms with Crippen molar-refractivity contribution in [3.05, 3.63) is 72.4 Å². The third-order valence-electron chi connectivity index (χ3n) is 4.52. The summed E-state index contributed by atoms with van der Waals surface area (Å²) in [5.41, 5.74) is 1.30. The fourth-order valence-electron chi connectivity index (χ4n) is 2.81. The molecule has 0 radical (unpaired) electrons. The van der Waals surface area contributed by atoms with E-state index in [-0.39, 0.29) is 22.8 Å². The SMILES string of the molecule is CCC(=O)Nc1ccc(S(=O)(=O)Nc2ccc(Oc3ccc(C(=O)NC(C)C)cn3)cc2)cc1. The molecular formula is C24H26N4O5S. The van der Waals surface area contributed by atoms with Gasteiger partial charge in [-0.15, -0.1) is 0 Å². The van der Waals surface area contributed by atoms with Crippen LogP contribution >= 0.6 is 0 Å². The van der Waals surface area contributed by atoms with Crippen molar-refractivity contribution < 1.29 is 22.7 Å². The topological polar surface area (TPSA) is 126 Å². The van der Waals surface area contributed by atoms with Gasteiger partial charge in [0.1, 0.15) is 5.75 Å². The number of nitrogens with zero attached hydrogens (tertiary/aromatic N) is 1. The lowest BCUT2D eigenvalue weighted by Crippen LogP contribution is -2.30. The molecule has 0 saturated carbocycles. The number of ether oxygens (including phenoxy) is 1. The molecule has 2 amide bonds. The Morgan fingerprint density at radius 2 is 1.59 bits per heavy atom. The zero-order valence-corrected chi connectivity index (χ0v) is 19.8. The predicted octanol–water partition coefficient (Wildman–Crippen LogP) is 4.16. The van der Waals surface area contributed by atoms with E-state index in [0.717, 1.165) is 0 Å². The highest BCUT2D eigenvalue weighted by atomic mass is 32.2. The molecule has 0 spiro atoms. The van der Waals surface area contributed by atoms with Crippen molar-refractivity contribution >= 4 is 33.2 Å². The van der Waals surface area contributed by atoms with Crippen LogP contribution < -0.4 is 20.1 Å². The third kappa shape index (κ3) is 6.79. The summed E-state index contributed by atoms with van der Waals surface area (Å²) in [6.07, 6.45) is 1.76. The zero-order chi connectivity index (χ0) is 24.7. The molecule has 0 fully saturated rings. The number of sulfonamides is 1. The molecule has 0 aliphatic rings. The van der Waals surface area contributed by atoms with E-state index < -0.39 is 10.0 Å². The van der Waals surface area contributed by atoms with E-state index in [1.54, 1.807) is 43.3 Å². The molecule has 0 bridgehead atoms. The minimum Gasteiger partial charge on any atom is -0.439 e. The minimum atomic E-state index is -3.81. The Morgan fingerprint density at radius 1 is 0.941 bits per heavy atom. The summed E-state index contributed by atoms with van der Waals surface area (Å²) in [4.78, 5) is 27.6. The smallest absolute Gasteiger partial charge is 0.261 e. The van der Waals surface area contributed by atoms with Crippen LogP contribution in [-0.4, -0.2) is 31.3 Å². The van der Waals surface area contributed by atoms with Gasteiger partial charge >= 0.3 is 0 Å². The van der Waals surface area contributed by atoms with Crippen molar-refractivity contribution in [2.45, 2.75) is 38.1 Å². The number of carbonyl (C=O) groups is 2. The van der Waals surface area contributed by atoms with Crippen molar-refractivity contribution in [3.8, 4) is 11.6 Å². The molecule has 0 aliphatic heterocycles. The summed E-state index contributed by atoms with van der Waals surface area (Å²) in [5, 5.41) is 5.45. The second-order valence-corrected chi connectivity index (χ2v) is 9.35. The van der Waals surface area contributed by atoms with Gasteiger partial charge in [0.15, 0.2) is 0 Å². The summed E-state index contributed by atoms with van der Waals surface area (Å²) >= 11 is 0. The van der Waals surface area contributed by atoms with Crippen LogP contribution in [0.25, 0.3) is 0 Å². The van der Waals surface area contributed by atoms with Crippen molar-refractivity contribution in [1.82, 2.24) is 10.3 Å². The van der Waals surface area contributed by atoms with Crippen LogP contribution in [-0.2, 0) is 14.8 Å². The third-order valence-corrected chi connectivity index (χ3v) is 5.91. The fraction of sp³-hybridized carbons (Fsp3) is 0.208. The van der Waals surface area contributed by atoms with Gasteiger partial charge in [-0.25, -0.2) is 13.4 Å². The summed E-state index contributed by atoms with van der Waals surface area (Å²) in [6, 6.07) is 15.4. The van der Waals surface area contributed by atoms with E-state index in [2.05, 4.69) is 20.3 Å². The maximum Gasteiger partial charge on any atom is 0.261 e. The first kappa shape index (κ1) is 24.7. The molecule has 3 rings (SSSR count). The maximum absolute atomic E-state index is 12.6. The molecule has 2 aromatic carbocycles. The van der Waals surface area contributed by atoms with Gasteiger partial charge in [-0.1, -0.05) is 6.92 Å². The predicted molar refractivity (Wildman–Crippen MR) is 130 cm³/mol. The van der Waals surface area contributed by atoms with Crippen LogP contribution in [0.5, 0.6) is 11.6 Å². The van der Waals surface area contributed by atoms with Crippen molar-refractivity contribution in [2.75, 3.05) is 10.0 Å². The summed E-state index contributed by atoms with van der Waals surface area (Å²) in [5.74, 6) is 0.375. The van der Waals surface area contributed by atoms with Crippen molar-refractivity contribution in [2.24, 2.45) is 0 Å². The fourth-order valence-corrected chi connectivity index (χ4v) is 3.87. The second kappa shape index (κ2) is 10.8. The van der Waals surface area contributed by atoms with Gasteiger partial charge in [-0.2, -0.15) is 0 Å². The van der Waals surface area contributed by atoms with Crippen LogP contribution in [0.15, 0.2) is 71.8 Å². The van der Waals surface area contributed by atoms with Crippen LogP contribution in [0, 0.1) is 0 Å². The van der Waals surface area contributed by atoms with Crippen LogP contribution in [0.3, 0.4) is 0 Å². The molecule has 9 nitrogen and oxygen atoms in total. The summed E-state index contributed by atoms with van der Waals surface area (Å²) in [7, 11) is -3.81. The van der Waals surface area contributed by atoms with Gasteiger partial charge in [-0.05, 0) is 68.4 Å². The number of anilines is 2. The molecule has 1 heterocycles. The highest BCUT2D eigenvalue weighted by Crippen LogP contribution is 2.24. The van der Waals surface area contributed by atoms with Gasteiger partial charge in [0.2, 0.25) is 11.8 Å². The number of nitrogens with one attached hydrogen (secondary N) is 3. The first-order chi connectivity index (χ1) is 16.2. The standard InChI is InChI=1S/C24H26N4O5S/c1-4-22(29)27-18-8-12-21(13-9-18)34(31,32)28-19-6-10-20(11-7-19)33-23-14-5-17(15-25-23)24(30)26-16(2)3/h5-16,28H,4H2,1-3H3,(H,26,30)(H,27,29). The molecule has 3 aromatic rings. The average molecular weight is 483 g/mol. The number of amides is 2. The number of benzene rings is 2. The monoisotopic (exact) mass is 482 g/mol. The average Bonchev–Trinajstić information content (AvgIpc) is 2.80. The van der Waals surface area contributed by atoms with Gasteiger partial charge in [-0.3, -0.25) is 14.3 Å². The number of aromatic nitrogens is 1. The largest absolute Gasteiger partial charge is 0.439 e. The van der Waals surface area contributed by atoms with Gasteiger partial charge in [0.25, 0.3) is 15.9 Å². The Balaban J connectivity index is 1.62. The molecule has 0 aliphatic carbocycles. The first-order valence-electron chi connectivity index (χ1n) is 10.6. The molecule has 0 atom stereocenters. The second-order valence-electron chi connectivity index (χ2n) is 7.67. The Morgan fingerprint density at radius 3 is 2.15 bits per heavy atom. The lowest BCUT2D eigenvalue weighted by molar-refractivity contribution is -0.115. The van der Waals surface area contributed by atoms with E-state index in [4.69, 9.17) is 4.74 Å². The number of rotatable bonds is 9. The number of hydrogen-bond acceptors (Lipinski definition) is 6. The van der Waals surface area contributed by atoms with Gasteiger partial charge in [0, 0.05) is 36.1 Å². The number of pyridine rings is 1. The maximum atomic E-state index is 12.6. The normalized spacial score (nSPS) is 11.1. The highest BCUT2D eigenvalue weighted by molar-refractivity contribution is 7.92. The Bertz CT molecular complexity index is 1240. The van der Waals surface area contributed by atoms with Gasteiger partial charge < -0.3 is 15.4 Å². The van der Waals surface area contributed by atoms with Crippen molar-refractivity contribution in [1.29, 1.82) is 0 Å². The highest BCUT2D eigenvalue weighted by Gasteiger charge is 2.15. The zero-order valence-electron chi connectivity index (χ0n) is 19.0. The van der Waals surface area contributed by atoms with Crippen LogP contribution in [0.2, 0.25) is 0 Å². The van der Waals surface area contributed by atoms with E-state index in [9.17, 15) is 18.0 Å². The molecular weight excluding hydrogens is 456 g/mol. The van der Waals surface area contributed by atoms with Crippen LogP contribution in [0.1, 0.15) is 37.6 Å². The van der Waals surface area contributed by atoms with Crippen molar-refractivity contribution in [3.63, 3.8) is 0 Å². The lowest BCUT2D eigenvalue weighted by atomic mass is 10.2. The first-order valence-corrected chi connectivity index (χ1v) is 12.1. The summed E-state index contributed by atoms with van der Waals surface area (Å²) in [6.45, 7) is 5.48. The molecule has 1 aromatic heterocycles.